The Hall–Kier alpha value is -7.11. The quantitative estimate of drug-likeness (QED) is 0.178. The molecule has 0 unspecified atom stereocenters. The molecule has 0 aliphatic heterocycles. The molecule has 7 aromatic carbocycles. The lowest BCUT2D eigenvalue weighted by molar-refractivity contribution is 1.07. The van der Waals surface area contributed by atoms with Crippen LogP contribution in [0, 0.1) is 0 Å². The van der Waals surface area contributed by atoms with Crippen LogP contribution < -0.4 is 0 Å². The highest BCUT2D eigenvalue weighted by Crippen LogP contribution is 2.38. The van der Waals surface area contributed by atoms with Crippen molar-refractivity contribution in [1.29, 1.82) is 0 Å². The van der Waals surface area contributed by atoms with Crippen molar-refractivity contribution >= 4 is 32.7 Å². The molecule has 244 valence electrons. The Bertz CT molecular complexity index is 2810. The molecule has 3 aromatic heterocycles. The van der Waals surface area contributed by atoms with E-state index in [-0.39, 0.29) is 0 Å². The Kier molecular flexibility index (Phi) is 7.07. The maximum Gasteiger partial charge on any atom is 0.164 e. The van der Waals surface area contributed by atoms with Crippen LogP contribution in [-0.4, -0.2) is 24.1 Å². The second-order valence-corrected chi connectivity index (χ2v) is 12.9. The van der Waals surface area contributed by atoms with Crippen molar-refractivity contribution in [2.75, 3.05) is 0 Å². The van der Waals surface area contributed by atoms with Crippen molar-refractivity contribution in [2.45, 2.75) is 0 Å². The van der Waals surface area contributed by atoms with E-state index in [2.05, 4.69) is 137 Å². The summed E-state index contributed by atoms with van der Waals surface area (Å²) in [6, 6.07) is 63.5. The number of benzene rings is 7. The molecule has 10 aromatic rings. The Labute approximate surface area is 300 Å². The maximum absolute atomic E-state index is 4.99. The number of hydrogen-bond acceptors (Lipinski definition) is 3. The first-order valence-electron chi connectivity index (χ1n) is 17.5. The lowest BCUT2D eigenvalue weighted by Gasteiger charge is -2.12. The first-order chi connectivity index (χ1) is 25.8. The minimum absolute atomic E-state index is 0.632. The van der Waals surface area contributed by atoms with Crippen LogP contribution in [0.15, 0.2) is 188 Å². The summed E-state index contributed by atoms with van der Waals surface area (Å²) >= 11 is 0. The average Bonchev–Trinajstić information content (AvgIpc) is 3.82. The topological polar surface area (TPSA) is 48.5 Å². The standard InChI is InChI=1S/C47H31N5/c1-4-13-32(14-5-1)33-23-25-37(26-24-33)52-43-22-11-10-21-39(43)40-27-28-42-41(44(40)52)29-30-51(42)38-20-12-19-36(31-38)47-49-45(34-15-6-2-7-16-34)48-46(50-47)35-17-8-3-9-18-35/h1-31H. The van der Waals surface area contributed by atoms with Crippen LogP contribution in [0.2, 0.25) is 0 Å². The number of nitrogens with zero attached hydrogens (tertiary/aromatic N) is 5. The molecule has 52 heavy (non-hydrogen) atoms. The van der Waals surface area contributed by atoms with Gasteiger partial charge in [-0.1, -0.05) is 140 Å². The van der Waals surface area contributed by atoms with E-state index in [0.29, 0.717) is 17.5 Å². The molecule has 0 amide bonds. The minimum Gasteiger partial charge on any atom is -0.316 e. The molecule has 10 rings (SSSR count). The van der Waals surface area contributed by atoms with Gasteiger partial charge in [0.2, 0.25) is 0 Å². The summed E-state index contributed by atoms with van der Waals surface area (Å²) in [5, 5.41) is 3.65. The third-order valence-corrected chi connectivity index (χ3v) is 9.82. The Morgan fingerprint density at radius 1 is 0.327 bits per heavy atom. The second kappa shape index (κ2) is 12.3. The van der Waals surface area contributed by atoms with E-state index in [1.54, 1.807) is 0 Å². The fourth-order valence-electron chi connectivity index (χ4n) is 7.34. The molecule has 0 saturated carbocycles. The molecule has 0 radical (unpaired) electrons. The highest BCUT2D eigenvalue weighted by atomic mass is 15.0. The van der Waals surface area contributed by atoms with Crippen molar-refractivity contribution in [1.82, 2.24) is 24.1 Å². The number of para-hydroxylation sites is 1. The molecule has 0 bridgehead atoms. The van der Waals surface area contributed by atoms with Gasteiger partial charge in [-0.15, -0.1) is 0 Å². The van der Waals surface area contributed by atoms with Gasteiger partial charge in [-0.25, -0.2) is 15.0 Å². The van der Waals surface area contributed by atoms with Gasteiger partial charge >= 0.3 is 0 Å². The van der Waals surface area contributed by atoms with E-state index in [4.69, 9.17) is 15.0 Å². The Morgan fingerprint density at radius 2 is 0.885 bits per heavy atom. The van der Waals surface area contributed by atoms with Gasteiger partial charge in [0.25, 0.3) is 0 Å². The van der Waals surface area contributed by atoms with E-state index in [1.165, 1.54) is 38.3 Å². The number of rotatable bonds is 6. The van der Waals surface area contributed by atoms with Crippen LogP contribution in [0.5, 0.6) is 0 Å². The van der Waals surface area contributed by atoms with E-state index in [0.717, 1.165) is 33.6 Å². The van der Waals surface area contributed by atoms with E-state index < -0.39 is 0 Å². The highest BCUT2D eigenvalue weighted by molar-refractivity contribution is 6.18. The zero-order valence-corrected chi connectivity index (χ0v) is 28.1. The van der Waals surface area contributed by atoms with E-state index in [9.17, 15) is 0 Å². The summed E-state index contributed by atoms with van der Waals surface area (Å²) in [5.41, 5.74) is 10.9. The summed E-state index contributed by atoms with van der Waals surface area (Å²) in [6.45, 7) is 0. The van der Waals surface area contributed by atoms with E-state index in [1.807, 2.05) is 60.7 Å². The number of fused-ring (bicyclic) bond motifs is 5. The molecule has 0 aliphatic rings. The van der Waals surface area contributed by atoms with E-state index >= 15 is 0 Å². The zero-order valence-electron chi connectivity index (χ0n) is 28.1. The SMILES string of the molecule is c1ccc(-c2ccc(-n3c4ccccc4c4ccc5c(ccn5-c5cccc(-c6nc(-c7ccccc7)nc(-c7ccccc7)n6)c5)c43)cc2)cc1. The molecule has 0 saturated heterocycles. The molecular weight excluding hydrogens is 635 g/mol. The summed E-state index contributed by atoms with van der Waals surface area (Å²) < 4.78 is 4.67. The molecule has 0 spiro atoms. The molecular formula is C47H31N5. The molecule has 0 aliphatic carbocycles. The summed E-state index contributed by atoms with van der Waals surface area (Å²) in [6.07, 6.45) is 2.17. The van der Waals surface area contributed by atoms with Crippen molar-refractivity contribution < 1.29 is 0 Å². The Morgan fingerprint density at radius 3 is 1.56 bits per heavy atom. The molecule has 5 nitrogen and oxygen atoms in total. The minimum atomic E-state index is 0.632. The number of hydrogen-bond donors (Lipinski definition) is 0. The van der Waals surface area contributed by atoms with Crippen LogP contribution in [0.1, 0.15) is 0 Å². The monoisotopic (exact) mass is 665 g/mol. The molecule has 3 heterocycles. The van der Waals surface area contributed by atoms with Gasteiger partial charge in [0.15, 0.2) is 17.5 Å². The molecule has 0 N–H and O–H groups in total. The van der Waals surface area contributed by atoms with Gasteiger partial charge in [-0.3, -0.25) is 0 Å². The fraction of sp³-hybridized carbons (Fsp3) is 0. The van der Waals surface area contributed by atoms with Crippen molar-refractivity contribution in [3.63, 3.8) is 0 Å². The first kappa shape index (κ1) is 29.8. The molecule has 5 heteroatoms. The van der Waals surface area contributed by atoms with Gasteiger partial charge in [0.1, 0.15) is 0 Å². The third-order valence-electron chi connectivity index (χ3n) is 9.82. The van der Waals surface area contributed by atoms with Crippen LogP contribution in [0.4, 0.5) is 0 Å². The van der Waals surface area contributed by atoms with Gasteiger partial charge in [0, 0.05) is 50.4 Å². The normalized spacial score (nSPS) is 11.5. The van der Waals surface area contributed by atoms with Crippen molar-refractivity contribution in [3.8, 4) is 56.7 Å². The largest absolute Gasteiger partial charge is 0.316 e. The average molecular weight is 666 g/mol. The van der Waals surface area contributed by atoms with Crippen LogP contribution >= 0.6 is 0 Å². The third kappa shape index (κ3) is 5.07. The summed E-state index contributed by atoms with van der Waals surface area (Å²) in [7, 11) is 0. The van der Waals surface area contributed by atoms with Crippen molar-refractivity contribution in [2.24, 2.45) is 0 Å². The van der Waals surface area contributed by atoms with Gasteiger partial charge in [0.05, 0.1) is 16.6 Å². The van der Waals surface area contributed by atoms with Crippen LogP contribution in [-0.2, 0) is 0 Å². The lowest BCUT2D eigenvalue weighted by atomic mass is 10.1. The summed E-state index contributed by atoms with van der Waals surface area (Å²) in [4.78, 5) is 14.9. The van der Waals surface area contributed by atoms with Crippen LogP contribution in [0.3, 0.4) is 0 Å². The second-order valence-electron chi connectivity index (χ2n) is 12.9. The van der Waals surface area contributed by atoms with Crippen LogP contribution in [0.25, 0.3) is 89.4 Å². The van der Waals surface area contributed by atoms with Gasteiger partial charge in [-0.05, 0) is 53.6 Å². The number of aromatic nitrogens is 5. The fourth-order valence-corrected chi connectivity index (χ4v) is 7.34. The lowest BCUT2D eigenvalue weighted by Crippen LogP contribution is -2.01. The predicted octanol–water partition coefficient (Wildman–Crippen LogP) is 11.6. The molecule has 0 fully saturated rings. The van der Waals surface area contributed by atoms with Crippen molar-refractivity contribution in [3.05, 3.63) is 188 Å². The Balaban J connectivity index is 1.11. The highest BCUT2D eigenvalue weighted by Gasteiger charge is 2.18. The zero-order chi connectivity index (χ0) is 34.4. The predicted molar refractivity (Wildman–Crippen MR) is 213 cm³/mol. The smallest absolute Gasteiger partial charge is 0.164 e. The summed E-state index contributed by atoms with van der Waals surface area (Å²) in [5.74, 6) is 1.93. The first-order valence-corrected chi connectivity index (χ1v) is 17.5. The maximum atomic E-state index is 4.99. The van der Waals surface area contributed by atoms with Gasteiger partial charge < -0.3 is 9.13 Å². The van der Waals surface area contributed by atoms with Gasteiger partial charge in [-0.2, -0.15) is 0 Å². The molecule has 0 atom stereocenters.